The Hall–Kier alpha value is -2.09. The summed E-state index contributed by atoms with van der Waals surface area (Å²) in [6.45, 7) is 4.31. The summed E-state index contributed by atoms with van der Waals surface area (Å²) in [4.78, 5) is 8.23. The summed E-state index contributed by atoms with van der Waals surface area (Å²) in [6, 6.07) is 15.2. The van der Waals surface area contributed by atoms with Gasteiger partial charge in [0.25, 0.3) is 0 Å². The predicted octanol–water partition coefficient (Wildman–Crippen LogP) is 4.61. The van der Waals surface area contributed by atoms with E-state index in [2.05, 4.69) is 61.3 Å². The number of aromatic amines is 1. The average Bonchev–Trinajstić information content (AvgIpc) is 2.92. The normalized spacial score (nSPS) is 11.1. The number of imidazole rings is 1. The fraction of sp³-hybridized carbons (Fsp3) is 0.316. The number of aryl methyl sites for hydroxylation is 4. The first-order valence-corrected chi connectivity index (χ1v) is 7.78. The highest BCUT2D eigenvalue weighted by Gasteiger charge is 2.06. The molecule has 2 aromatic carbocycles. The molecule has 3 aromatic rings. The molecule has 0 aliphatic rings. The van der Waals surface area contributed by atoms with Crippen LogP contribution in [-0.4, -0.2) is 9.97 Å². The van der Waals surface area contributed by atoms with Crippen LogP contribution in [-0.2, 0) is 19.3 Å². The molecule has 0 radical (unpaired) electrons. The van der Waals surface area contributed by atoms with Gasteiger partial charge in [-0.15, -0.1) is 0 Å². The maximum absolute atomic E-state index is 4.77. The third-order valence-corrected chi connectivity index (χ3v) is 4.03. The number of hydrogen-bond donors (Lipinski definition) is 1. The Labute approximate surface area is 126 Å². The lowest BCUT2D eigenvalue weighted by atomic mass is 10.1. The van der Waals surface area contributed by atoms with Crippen LogP contribution in [0.1, 0.15) is 35.9 Å². The van der Waals surface area contributed by atoms with Gasteiger partial charge >= 0.3 is 0 Å². The maximum atomic E-state index is 4.77. The molecule has 108 valence electrons. The van der Waals surface area contributed by atoms with Crippen molar-refractivity contribution >= 4 is 11.0 Å². The largest absolute Gasteiger partial charge is 0.342 e. The number of para-hydroxylation sites is 1. The smallest absolute Gasteiger partial charge is 0.107 e. The summed E-state index contributed by atoms with van der Waals surface area (Å²) < 4.78 is 0. The first kappa shape index (κ1) is 13.9. The van der Waals surface area contributed by atoms with Crippen molar-refractivity contribution in [3.8, 4) is 0 Å². The van der Waals surface area contributed by atoms with Crippen molar-refractivity contribution in [2.75, 3.05) is 0 Å². The van der Waals surface area contributed by atoms with Gasteiger partial charge in [0.1, 0.15) is 5.82 Å². The molecule has 2 heteroatoms. The van der Waals surface area contributed by atoms with Gasteiger partial charge in [-0.2, -0.15) is 0 Å². The highest BCUT2D eigenvalue weighted by molar-refractivity contribution is 5.78. The molecule has 21 heavy (non-hydrogen) atoms. The van der Waals surface area contributed by atoms with Gasteiger partial charge in [-0.05, 0) is 43.4 Å². The zero-order valence-corrected chi connectivity index (χ0v) is 12.8. The highest BCUT2D eigenvalue weighted by atomic mass is 14.9. The summed E-state index contributed by atoms with van der Waals surface area (Å²) in [5.74, 6) is 1.11. The molecule has 0 saturated carbocycles. The van der Waals surface area contributed by atoms with Crippen LogP contribution in [0.5, 0.6) is 0 Å². The third-order valence-electron chi connectivity index (χ3n) is 4.03. The molecule has 1 heterocycles. The van der Waals surface area contributed by atoms with Gasteiger partial charge in [0.15, 0.2) is 0 Å². The van der Waals surface area contributed by atoms with Crippen LogP contribution in [0.3, 0.4) is 0 Å². The summed E-state index contributed by atoms with van der Waals surface area (Å²) in [7, 11) is 0. The molecule has 0 saturated heterocycles. The minimum atomic E-state index is 1.01. The number of rotatable bonds is 5. The second-order valence-corrected chi connectivity index (χ2v) is 5.69. The SMILES string of the molecule is CCc1cccc2[nH]c(CCCc3ccc(C)cc3)nc12. The molecular weight excluding hydrogens is 256 g/mol. The topological polar surface area (TPSA) is 28.7 Å². The molecule has 1 aromatic heterocycles. The van der Waals surface area contributed by atoms with Crippen LogP contribution in [0.2, 0.25) is 0 Å². The van der Waals surface area contributed by atoms with E-state index in [1.54, 1.807) is 0 Å². The minimum absolute atomic E-state index is 1.01. The number of nitrogens with zero attached hydrogens (tertiary/aromatic N) is 1. The third kappa shape index (κ3) is 3.15. The van der Waals surface area contributed by atoms with E-state index in [1.165, 1.54) is 22.2 Å². The van der Waals surface area contributed by atoms with Crippen LogP contribution in [0.25, 0.3) is 11.0 Å². The van der Waals surface area contributed by atoms with Crippen molar-refractivity contribution in [1.29, 1.82) is 0 Å². The van der Waals surface area contributed by atoms with Crippen LogP contribution < -0.4 is 0 Å². The zero-order chi connectivity index (χ0) is 14.7. The predicted molar refractivity (Wildman–Crippen MR) is 88.7 cm³/mol. The minimum Gasteiger partial charge on any atom is -0.342 e. The monoisotopic (exact) mass is 278 g/mol. The van der Waals surface area contributed by atoms with Gasteiger partial charge in [-0.1, -0.05) is 48.9 Å². The summed E-state index contributed by atoms with van der Waals surface area (Å²) in [5.41, 5.74) is 6.37. The van der Waals surface area contributed by atoms with Crippen molar-refractivity contribution in [1.82, 2.24) is 9.97 Å². The van der Waals surface area contributed by atoms with Gasteiger partial charge in [0.05, 0.1) is 11.0 Å². The summed E-state index contributed by atoms with van der Waals surface area (Å²) in [5, 5.41) is 0. The fourth-order valence-corrected chi connectivity index (χ4v) is 2.76. The van der Waals surface area contributed by atoms with Crippen LogP contribution >= 0.6 is 0 Å². The van der Waals surface area contributed by atoms with Gasteiger partial charge in [0.2, 0.25) is 0 Å². The van der Waals surface area contributed by atoms with Gasteiger partial charge < -0.3 is 4.98 Å². The number of fused-ring (bicyclic) bond motifs is 1. The maximum Gasteiger partial charge on any atom is 0.107 e. The summed E-state index contributed by atoms with van der Waals surface area (Å²) in [6.07, 6.45) is 4.28. The van der Waals surface area contributed by atoms with E-state index in [9.17, 15) is 0 Å². The Kier molecular flexibility index (Phi) is 4.05. The molecular formula is C19H22N2. The van der Waals surface area contributed by atoms with E-state index in [4.69, 9.17) is 4.98 Å². The zero-order valence-electron chi connectivity index (χ0n) is 12.8. The lowest BCUT2D eigenvalue weighted by Gasteiger charge is -2.00. The van der Waals surface area contributed by atoms with E-state index in [0.29, 0.717) is 0 Å². The van der Waals surface area contributed by atoms with Crippen LogP contribution in [0.15, 0.2) is 42.5 Å². The Morgan fingerprint density at radius 3 is 2.57 bits per heavy atom. The first-order valence-electron chi connectivity index (χ1n) is 7.78. The molecule has 2 nitrogen and oxygen atoms in total. The quantitative estimate of drug-likeness (QED) is 0.725. The Balaban J connectivity index is 1.66. The van der Waals surface area contributed by atoms with Crippen molar-refractivity contribution in [3.63, 3.8) is 0 Å². The number of hydrogen-bond acceptors (Lipinski definition) is 1. The summed E-state index contributed by atoms with van der Waals surface area (Å²) >= 11 is 0. The lowest BCUT2D eigenvalue weighted by molar-refractivity contribution is 0.785. The molecule has 0 unspecified atom stereocenters. The lowest BCUT2D eigenvalue weighted by Crippen LogP contribution is -1.92. The molecule has 0 aliphatic carbocycles. The van der Waals surface area contributed by atoms with E-state index < -0.39 is 0 Å². The Morgan fingerprint density at radius 2 is 1.81 bits per heavy atom. The molecule has 0 fully saturated rings. The first-order chi connectivity index (χ1) is 10.3. The second kappa shape index (κ2) is 6.13. The number of benzene rings is 2. The fourth-order valence-electron chi connectivity index (χ4n) is 2.76. The van der Waals surface area contributed by atoms with E-state index in [-0.39, 0.29) is 0 Å². The number of H-pyrrole nitrogens is 1. The van der Waals surface area contributed by atoms with Crippen molar-refractivity contribution in [3.05, 3.63) is 65.0 Å². The van der Waals surface area contributed by atoms with Crippen molar-refractivity contribution in [2.45, 2.75) is 39.5 Å². The van der Waals surface area contributed by atoms with E-state index >= 15 is 0 Å². The van der Waals surface area contributed by atoms with E-state index in [1.807, 2.05) is 0 Å². The molecule has 0 atom stereocenters. The Morgan fingerprint density at radius 1 is 1.00 bits per heavy atom. The molecule has 0 amide bonds. The van der Waals surface area contributed by atoms with Gasteiger partial charge in [0, 0.05) is 6.42 Å². The standard InChI is InChI=1S/C19H22N2/c1-3-16-7-5-8-17-19(16)21-18(20-17)9-4-6-15-12-10-14(2)11-13-15/h5,7-8,10-13H,3-4,6,9H2,1-2H3,(H,20,21). The van der Waals surface area contributed by atoms with Crippen LogP contribution in [0, 0.1) is 6.92 Å². The average molecular weight is 278 g/mol. The molecule has 0 aliphatic heterocycles. The second-order valence-electron chi connectivity index (χ2n) is 5.69. The number of nitrogens with one attached hydrogen (secondary N) is 1. The van der Waals surface area contributed by atoms with Gasteiger partial charge in [-0.25, -0.2) is 4.98 Å². The van der Waals surface area contributed by atoms with Crippen molar-refractivity contribution < 1.29 is 0 Å². The van der Waals surface area contributed by atoms with Crippen molar-refractivity contribution in [2.24, 2.45) is 0 Å². The van der Waals surface area contributed by atoms with Crippen LogP contribution in [0.4, 0.5) is 0 Å². The van der Waals surface area contributed by atoms with Gasteiger partial charge in [-0.3, -0.25) is 0 Å². The highest BCUT2D eigenvalue weighted by Crippen LogP contribution is 2.18. The molecule has 3 rings (SSSR count). The van der Waals surface area contributed by atoms with E-state index in [0.717, 1.165) is 37.0 Å². The number of aromatic nitrogens is 2. The Bertz CT molecular complexity index is 723. The molecule has 1 N–H and O–H groups in total. The molecule has 0 bridgehead atoms. The molecule has 0 spiro atoms.